The van der Waals surface area contributed by atoms with Gasteiger partial charge < -0.3 is 10.6 Å². The summed E-state index contributed by atoms with van der Waals surface area (Å²) < 4.78 is 1.68. The number of carbonyl (C=O) groups excluding carboxylic acids is 1. The average molecular weight is 362 g/mol. The highest BCUT2D eigenvalue weighted by molar-refractivity contribution is 5.91. The Balaban J connectivity index is 1.49. The van der Waals surface area contributed by atoms with Crippen LogP contribution in [0.4, 0.5) is 5.82 Å². The van der Waals surface area contributed by atoms with Gasteiger partial charge in [-0.15, -0.1) is 0 Å². The number of hydrogen-bond acceptors (Lipinski definition) is 5. The zero-order chi connectivity index (χ0) is 19.1. The highest BCUT2D eigenvalue weighted by atomic mass is 16.1. The molecule has 1 aromatic carbocycles. The van der Waals surface area contributed by atoms with Gasteiger partial charge in [-0.2, -0.15) is 5.10 Å². The van der Waals surface area contributed by atoms with E-state index in [0.29, 0.717) is 30.5 Å². The molecule has 0 bridgehead atoms. The van der Waals surface area contributed by atoms with Crippen LogP contribution in [-0.2, 0) is 4.79 Å². The maximum Gasteiger partial charge on any atom is 0.244 e. The van der Waals surface area contributed by atoms with Gasteiger partial charge in [-0.05, 0) is 37.1 Å². The van der Waals surface area contributed by atoms with E-state index < -0.39 is 0 Å². The molecule has 0 aliphatic carbocycles. The molecule has 2 heterocycles. The molecule has 0 saturated carbocycles. The zero-order valence-electron chi connectivity index (χ0n) is 15.4. The van der Waals surface area contributed by atoms with Crippen LogP contribution in [0.5, 0.6) is 0 Å². The van der Waals surface area contributed by atoms with Gasteiger partial charge in [0, 0.05) is 37.6 Å². The van der Waals surface area contributed by atoms with Crippen LogP contribution in [-0.4, -0.2) is 38.7 Å². The van der Waals surface area contributed by atoms with Crippen molar-refractivity contribution in [3.63, 3.8) is 0 Å². The lowest BCUT2D eigenvalue weighted by molar-refractivity contribution is -0.116. The molecule has 0 atom stereocenters. The van der Waals surface area contributed by atoms with Crippen molar-refractivity contribution in [2.45, 2.75) is 13.8 Å². The predicted octanol–water partition coefficient (Wildman–Crippen LogP) is 2.52. The summed E-state index contributed by atoms with van der Waals surface area (Å²) >= 11 is 0. The van der Waals surface area contributed by atoms with Gasteiger partial charge in [-0.1, -0.05) is 24.3 Å². The van der Waals surface area contributed by atoms with E-state index in [9.17, 15) is 4.79 Å². The third kappa shape index (κ3) is 5.24. The summed E-state index contributed by atoms with van der Waals surface area (Å²) in [5.41, 5.74) is 2.17. The Morgan fingerprint density at radius 3 is 2.78 bits per heavy atom. The second-order valence-electron chi connectivity index (χ2n) is 6.02. The fraction of sp³-hybridized carbons (Fsp3) is 0.200. The molecule has 3 aromatic rings. The molecule has 0 unspecified atom stereocenters. The zero-order valence-corrected chi connectivity index (χ0v) is 15.4. The fourth-order valence-electron chi connectivity index (χ4n) is 2.54. The summed E-state index contributed by atoms with van der Waals surface area (Å²) in [5, 5.41) is 10.2. The number of rotatable bonds is 7. The van der Waals surface area contributed by atoms with E-state index in [2.05, 4.69) is 25.7 Å². The van der Waals surface area contributed by atoms with Crippen molar-refractivity contribution in [1.82, 2.24) is 25.1 Å². The maximum atomic E-state index is 11.9. The minimum absolute atomic E-state index is 0.129. The van der Waals surface area contributed by atoms with E-state index in [1.807, 2.05) is 62.5 Å². The second-order valence-corrected chi connectivity index (χ2v) is 6.02. The van der Waals surface area contributed by atoms with Gasteiger partial charge in [0.15, 0.2) is 5.82 Å². The van der Waals surface area contributed by atoms with Crippen molar-refractivity contribution in [3.8, 4) is 5.82 Å². The molecule has 0 spiro atoms. The Kier molecular flexibility index (Phi) is 5.94. The minimum Gasteiger partial charge on any atom is -0.368 e. The first-order valence-corrected chi connectivity index (χ1v) is 8.73. The van der Waals surface area contributed by atoms with Crippen molar-refractivity contribution < 1.29 is 4.79 Å². The molecule has 0 aliphatic rings. The van der Waals surface area contributed by atoms with Gasteiger partial charge in [0.25, 0.3) is 0 Å². The molecule has 0 radical (unpaired) electrons. The highest BCUT2D eigenvalue weighted by Crippen LogP contribution is 2.10. The van der Waals surface area contributed by atoms with Crippen molar-refractivity contribution in [3.05, 3.63) is 71.8 Å². The van der Waals surface area contributed by atoms with E-state index in [-0.39, 0.29) is 5.91 Å². The van der Waals surface area contributed by atoms with E-state index in [4.69, 9.17) is 0 Å². The first-order valence-electron chi connectivity index (χ1n) is 8.73. The lowest BCUT2D eigenvalue weighted by Crippen LogP contribution is -2.27. The molecule has 2 aromatic heterocycles. The first-order chi connectivity index (χ1) is 13.1. The summed E-state index contributed by atoms with van der Waals surface area (Å²) in [4.78, 5) is 20.7. The number of hydrogen-bond donors (Lipinski definition) is 2. The minimum atomic E-state index is -0.129. The molecular formula is C20H22N6O. The van der Waals surface area contributed by atoms with E-state index in [1.165, 1.54) is 0 Å². The number of benzene rings is 1. The quantitative estimate of drug-likeness (QED) is 0.498. The average Bonchev–Trinajstić information content (AvgIpc) is 3.19. The number of aryl methyl sites for hydroxylation is 2. The molecular weight excluding hydrogens is 340 g/mol. The van der Waals surface area contributed by atoms with Crippen LogP contribution in [0.25, 0.3) is 11.9 Å². The predicted molar refractivity (Wildman–Crippen MR) is 106 cm³/mol. The topological polar surface area (TPSA) is 84.7 Å². The highest BCUT2D eigenvalue weighted by Gasteiger charge is 2.04. The van der Waals surface area contributed by atoms with Crippen molar-refractivity contribution in [2.75, 3.05) is 18.4 Å². The molecule has 7 nitrogen and oxygen atoms in total. The number of nitrogens with one attached hydrogen (secondary N) is 2. The van der Waals surface area contributed by atoms with Crippen LogP contribution in [0.1, 0.15) is 17.0 Å². The largest absolute Gasteiger partial charge is 0.368 e. The van der Waals surface area contributed by atoms with Crippen LogP contribution in [0.3, 0.4) is 0 Å². The Morgan fingerprint density at radius 1 is 1.15 bits per heavy atom. The summed E-state index contributed by atoms with van der Waals surface area (Å²) in [5.74, 6) is 1.91. The molecule has 138 valence electrons. The van der Waals surface area contributed by atoms with Gasteiger partial charge in [0.05, 0.1) is 0 Å². The van der Waals surface area contributed by atoms with Gasteiger partial charge in [-0.25, -0.2) is 14.6 Å². The Morgan fingerprint density at radius 2 is 2.00 bits per heavy atom. The molecule has 2 N–H and O–H groups in total. The molecule has 0 fully saturated rings. The van der Waals surface area contributed by atoms with Crippen LogP contribution in [0.2, 0.25) is 0 Å². The SMILES string of the molecule is Cc1nc(NCCNC(=O)/C=C/c2ccccc2C)cc(-n2cccn2)n1. The number of anilines is 1. The van der Waals surface area contributed by atoms with E-state index in [0.717, 1.165) is 11.1 Å². The molecule has 27 heavy (non-hydrogen) atoms. The summed E-state index contributed by atoms with van der Waals surface area (Å²) in [6, 6.07) is 11.6. The first kappa shape index (κ1) is 18.3. The van der Waals surface area contributed by atoms with Crippen molar-refractivity contribution >= 4 is 17.8 Å². The Labute approximate surface area is 158 Å². The number of nitrogens with zero attached hydrogens (tertiary/aromatic N) is 4. The molecule has 1 amide bonds. The molecule has 0 aliphatic heterocycles. The molecule has 7 heteroatoms. The Hall–Kier alpha value is -3.48. The second kappa shape index (κ2) is 8.75. The van der Waals surface area contributed by atoms with Gasteiger partial charge >= 0.3 is 0 Å². The van der Waals surface area contributed by atoms with Crippen molar-refractivity contribution in [2.24, 2.45) is 0 Å². The van der Waals surface area contributed by atoms with Gasteiger partial charge in [0.1, 0.15) is 11.6 Å². The third-order valence-corrected chi connectivity index (χ3v) is 3.90. The third-order valence-electron chi connectivity index (χ3n) is 3.90. The standard InChI is InChI=1S/C20H22N6O/c1-15-6-3-4-7-17(15)8-9-20(27)22-12-11-21-18-14-19(25-16(2)24-18)26-13-5-10-23-26/h3-10,13-14H,11-12H2,1-2H3,(H,22,27)(H,21,24,25)/b9-8+. The summed E-state index contributed by atoms with van der Waals surface area (Å²) in [6.45, 7) is 4.88. The molecule has 3 rings (SSSR count). The maximum absolute atomic E-state index is 11.9. The fourth-order valence-corrected chi connectivity index (χ4v) is 2.54. The van der Waals surface area contributed by atoms with Crippen LogP contribution >= 0.6 is 0 Å². The number of aromatic nitrogens is 4. The summed E-state index contributed by atoms with van der Waals surface area (Å²) in [7, 11) is 0. The lowest BCUT2D eigenvalue weighted by atomic mass is 10.1. The van der Waals surface area contributed by atoms with Crippen LogP contribution < -0.4 is 10.6 Å². The lowest BCUT2D eigenvalue weighted by Gasteiger charge is -2.09. The van der Waals surface area contributed by atoms with E-state index >= 15 is 0 Å². The van der Waals surface area contributed by atoms with Crippen molar-refractivity contribution in [1.29, 1.82) is 0 Å². The van der Waals surface area contributed by atoms with E-state index in [1.54, 1.807) is 17.0 Å². The molecule has 0 saturated heterocycles. The van der Waals surface area contributed by atoms with Gasteiger partial charge in [-0.3, -0.25) is 4.79 Å². The van der Waals surface area contributed by atoms with Crippen LogP contribution in [0, 0.1) is 13.8 Å². The Bertz CT molecular complexity index is 933. The normalized spacial score (nSPS) is 10.9. The van der Waals surface area contributed by atoms with Crippen LogP contribution in [0.15, 0.2) is 54.9 Å². The summed E-state index contributed by atoms with van der Waals surface area (Å²) in [6.07, 6.45) is 6.90. The number of carbonyl (C=O) groups is 1. The smallest absolute Gasteiger partial charge is 0.244 e. The monoisotopic (exact) mass is 362 g/mol. The van der Waals surface area contributed by atoms with Gasteiger partial charge in [0.2, 0.25) is 5.91 Å². The number of amides is 1.